The number of amides is 1. The maximum Gasteiger partial charge on any atom is 0.230 e. The Morgan fingerprint density at radius 2 is 2.30 bits per heavy atom. The Bertz CT molecular complexity index is 108. The van der Waals surface area contributed by atoms with Crippen molar-refractivity contribution in [3.05, 3.63) is 0 Å². The van der Waals surface area contributed by atoms with E-state index in [1.807, 2.05) is 6.92 Å². The predicted octanol–water partition coefficient (Wildman–Crippen LogP) is -0.0578. The fraction of sp³-hybridized carbons (Fsp3) is 0.833. The summed E-state index contributed by atoms with van der Waals surface area (Å²) in [6.45, 7) is 2.49. The molecule has 0 aliphatic carbocycles. The van der Waals surface area contributed by atoms with Crippen molar-refractivity contribution in [2.45, 2.75) is 18.6 Å². The van der Waals surface area contributed by atoms with Crippen molar-refractivity contribution in [2.75, 3.05) is 12.3 Å². The number of nitrogens with two attached hydrogens (primary N) is 2. The van der Waals surface area contributed by atoms with E-state index in [2.05, 4.69) is 0 Å². The molecule has 0 heterocycles. The zero-order valence-electron chi connectivity index (χ0n) is 6.17. The Labute approximate surface area is 65.5 Å². The van der Waals surface area contributed by atoms with E-state index >= 15 is 0 Å². The quantitative estimate of drug-likeness (QED) is 0.556. The van der Waals surface area contributed by atoms with Crippen LogP contribution in [0.3, 0.4) is 0 Å². The highest BCUT2D eigenvalue weighted by Gasteiger charge is 2.06. The highest BCUT2D eigenvalue weighted by molar-refractivity contribution is 8.00. The first kappa shape index (κ1) is 9.78. The van der Waals surface area contributed by atoms with Crippen molar-refractivity contribution in [1.82, 2.24) is 0 Å². The van der Waals surface area contributed by atoms with Crippen LogP contribution in [-0.4, -0.2) is 23.5 Å². The molecule has 0 bridgehead atoms. The molecular weight excluding hydrogens is 148 g/mol. The predicted molar refractivity (Wildman–Crippen MR) is 44.8 cm³/mol. The van der Waals surface area contributed by atoms with Crippen LogP contribution in [0, 0.1) is 0 Å². The summed E-state index contributed by atoms with van der Waals surface area (Å²) in [5.41, 5.74) is 10.3. The van der Waals surface area contributed by atoms with Gasteiger partial charge in [-0.05, 0) is 25.6 Å². The summed E-state index contributed by atoms with van der Waals surface area (Å²) in [7, 11) is 0. The Morgan fingerprint density at radius 3 is 2.70 bits per heavy atom. The molecule has 0 saturated carbocycles. The summed E-state index contributed by atoms with van der Waals surface area (Å²) >= 11 is 1.55. The van der Waals surface area contributed by atoms with Gasteiger partial charge in [0.05, 0.1) is 5.25 Å². The second kappa shape index (κ2) is 5.56. The monoisotopic (exact) mass is 162 g/mol. The van der Waals surface area contributed by atoms with Gasteiger partial charge in [0.2, 0.25) is 5.91 Å². The van der Waals surface area contributed by atoms with Crippen LogP contribution >= 0.6 is 11.8 Å². The van der Waals surface area contributed by atoms with Gasteiger partial charge in [-0.1, -0.05) is 0 Å². The van der Waals surface area contributed by atoms with Gasteiger partial charge in [-0.25, -0.2) is 0 Å². The first-order chi connectivity index (χ1) is 4.68. The largest absolute Gasteiger partial charge is 0.369 e. The molecule has 0 radical (unpaired) electrons. The van der Waals surface area contributed by atoms with Crippen LogP contribution in [0.1, 0.15) is 13.3 Å². The van der Waals surface area contributed by atoms with Gasteiger partial charge in [-0.3, -0.25) is 4.79 Å². The van der Waals surface area contributed by atoms with Gasteiger partial charge in [-0.15, -0.1) is 11.8 Å². The molecule has 4 heteroatoms. The maximum absolute atomic E-state index is 10.5. The molecule has 1 amide bonds. The molecular formula is C6H14N2OS. The van der Waals surface area contributed by atoms with Gasteiger partial charge in [-0.2, -0.15) is 0 Å². The van der Waals surface area contributed by atoms with Crippen molar-refractivity contribution >= 4 is 17.7 Å². The van der Waals surface area contributed by atoms with Crippen LogP contribution in [0.4, 0.5) is 0 Å². The normalized spacial score (nSPS) is 13.0. The van der Waals surface area contributed by atoms with Crippen molar-refractivity contribution in [2.24, 2.45) is 11.5 Å². The Hall–Kier alpha value is -0.220. The van der Waals surface area contributed by atoms with E-state index < -0.39 is 0 Å². The lowest BCUT2D eigenvalue weighted by Crippen LogP contribution is -2.23. The SMILES string of the molecule is CC(SCCCN)C(N)=O. The standard InChI is InChI=1S/C6H14N2OS/c1-5(6(8)9)10-4-2-3-7/h5H,2-4,7H2,1H3,(H2,8,9). The number of carbonyl (C=O) groups excluding carboxylic acids is 1. The van der Waals surface area contributed by atoms with Crippen LogP contribution in [0.2, 0.25) is 0 Å². The van der Waals surface area contributed by atoms with Gasteiger partial charge in [0.1, 0.15) is 0 Å². The third kappa shape index (κ3) is 4.64. The molecule has 0 rings (SSSR count). The topological polar surface area (TPSA) is 69.1 Å². The number of primary amides is 1. The average molecular weight is 162 g/mol. The minimum Gasteiger partial charge on any atom is -0.369 e. The van der Waals surface area contributed by atoms with Crippen LogP contribution in [0.5, 0.6) is 0 Å². The first-order valence-electron chi connectivity index (χ1n) is 3.29. The summed E-state index contributed by atoms with van der Waals surface area (Å²) in [6, 6.07) is 0. The van der Waals surface area contributed by atoms with Crippen LogP contribution < -0.4 is 11.5 Å². The van der Waals surface area contributed by atoms with E-state index in [4.69, 9.17) is 11.5 Å². The number of thioether (sulfide) groups is 1. The van der Waals surface area contributed by atoms with Crippen molar-refractivity contribution in [3.8, 4) is 0 Å². The van der Waals surface area contributed by atoms with Gasteiger partial charge >= 0.3 is 0 Å². The molecule has 1 unspecified atom stereocenters. The lowest BCUT2D eigenvalue weighted by molar-refractivity contribution is -0.117. The summed E-state index contributed by atoms with van der Waals surface area (Å²) in [5.74, 6) is 0.669. The molecule has 0 aromatic carbocycles. The molecule has 60 valence electrons. The summed E-state index contributed by atoms with van der Waals surface area (Å²) < 4.78 is 0. The molecule has 0 aliphatic heterocycles. The number of carbonyl (C=O) groups is 1. The van der Waals surface area contributed by atoms with Gasteiger partial charge in [0.15, 0.2) is 0 Å². The number of rotatable bonds is 5. The second-order valence-corrected chi connectivity index (χ2v) is 3.51. The molecule has 3 nitrogen and oxygen atoms in total. The maximum atomic E-state index is 10.5. The average Bonchev–Trinajstić information content (AvgIpc) is 1.88. The second-order valence-electron chi connectivity index (χ2n) is 2.06. The van der Waals surface area contributed by atoms with Crippen LogP contribution in [-0.2, 0) is 4.79 Å². The number of hydrogen-bond acceptors (Lipinski definition) is 3. The minimum absolute atomic E-state index is 0.0773. The minimum atomic E-state index is -0.248. The summed E-state index contributed by atoms with van der Waals surface area (Å²) in [4.78, 5) is 10.5. The number of hydrogen-bond donors (Lipinski definition) is 2. The highest BCUT2D eigenvalue weighted by Crippen LogP contribution is 2.09. The molecule has 0 saturated heterocycles. The van der Waals surface area contributed by atoms with E-state index in [1.54, 1.807) is 11.8 Å². The lowest BCUT2D eigenvalue weighted by atomic mass is 10.5. The zero-order valence-corrected chi connectivity index (χ0v) is 6.99. The molecule has 1 atom stereocenters. The molecule has 4 N–H and O–H groups in total. The van der Waals surface area contributed by atoms with E-state index in [9.17, 15) is 4.79 Å². The van der Waals surface area contributed by atoms with E-state index in [-0.39, 0.29) is 11.2 Å². The van der Waals surface area contributed by atoms with E-state index in [0.29, 0.717) is 6.54 Å². The van der Waals surface area contributed by atoms with Crippen LogP contribution in [0.15, 0.2) is 0 Å². The Balaban J connectivity index is 3.21. The molecule has 0 aromatic rings. The fourth-order valence-electron chi connectivity index (χ4n) is 0.426. The fourth-order valence-corrected chi connectivity index (χ4v) is 1.28. The molecule has 0 aromatic heterocycles. The Morgan fingerprint density at radius 1 is 1.70 bits per heavy atom. The van der Waals surface area contributed by atoms with Gasteiger partial charge in [0, 0.05) is 0 Å². The molecule has 0 fully saturated rings. The Kier molecular flexibility index (Phi) is 5.43. The molecule has 10 heavy (non-hydrogen) atoms. The zero-order chi connectivity index (χ0) is 7.98. The summed E-state index contributed by atoms with van der Waals surface area (Å²) in [6.07, 6.45) is 0.947. The summed E-state index contributed by atoms with van der Waals surface area (Å²) in [5, 5.41) is -0.0773. The first-order valence-corrected chi connectivity index (χ1v) is 4.34. The van der Waals surface area contributed by atoms with Gasteiger partial charge in [0.25, 0.3) is 0 Å². The van der Waals surface area contributed by atoms with Gasteiger partial charge < -0.3 is 11.5 Å². The molecule has 0 aliphatic rings. The lowest BCUT2D eigenvalue weighted by Gasteiger charge is -2.04. The third-order valence-electron chi connectivity index (χ3n) is 1.12. The third-order valence-corrected chi connectivity index (χ3v) is 2.37. The van der Waals surface area contributed by atoms with Crippen molar-refractivity contribution in [1.29, 1.82) is 0 Å². The highest BCUT2D eigenvalue weighted by atomic mass is 32.2. The van der Waals surface area contributed by atoms with E-state index in [1.165, 1.54) is 0 Å². The van der Waals surface area contributed by atoms with Crippen molar-refractivity contribution < 1.29 is 4.79 Å². The smallest absolute Gasteiger partial charge is 0.230 e. The molecule has 0 spiro atoms. The van der Waals surface area contributed by atoms with E-state index in [0.717, 1.165) is 12.2 Å². The van der Waals surface area contributed by atoms with Crippen LogP contribution in [0.25, 0.3) is 0 Å². The van der Waals surface area contributed by atoms with Crippen molar-refractivity contribution in [3.63, 3.8) is 0 Å².